The molecule has 0 amide bonds. The smallest absolute Gasteiger partial charge is 0.306 e. The highest BCUT2D eigenvalue weighted by Crippen LogP contribution is 2.15. The lowest BCUT2D eigenvalue weighted by atomic mass is 10.0. The van der Waals surface area contributed by atoms with Crippen molar-refractivity contribution in [3.8, 4) is 0 Å². The van der Waals surface area contributed by atoms with Crippen molar-refractivity contribution in [3.63, 3.8) is 0 Å². The summed E-state index contributed by atoms with van der Waals surface area (Å²) in [5.74, 6) is -0.758. The van der Waals surface area contributed by atoms with E-state index in [0.717, 1.165) is 25.7 Å². The maximum absolute atomic E-state index is 12.2. The minimum atomic E-state index is -0.835. The van der Waals surface area contributed by atoms with E-state index in [-0.39, 0.29) is 25.6 Å². The number of carbonyl (C=O) groups excluding carboxylic acids is 2. The molecule has 0 saturated carbocycles. The molecule has 0 rings (SSSR count). The van der Waals surface area contributed by atoms with E-state index in [1.54, 1.807) is 24.3 Å². The van der Waals surface area contributed by atoms with Crippen LogP contribution in [0.15, 0.2) is 72.9 Å². The Bertz CT molecular complexity index is 994. The van der Waals surface area contributed by atoms with Gasteiger partial charge in [0.05, 0.1) is 18.8 Å². The number of hydrogen-bond donors (Lipinski definition) is 3. The molecule has 3 atom stereocenters. The lowest BCUT2D eigenvalue weighted by Crippen LogP contribution is -2.28. The highest BCUT2D eigenvalue weighted by molar-refractivity contribution is 5.70. The maximum Gasteiger partial charge on any atom is 0.306 e. The van der Waals surface area contributed by atoms with Crippen molar-refractivity contribution in [1.29, 1.82) is 0 Å². The molecule has 0 aromatic carbocycles. The maximum atomic E-state index is 12.2. The molecule has 298 valence electrons. The third kappa shape index (κ3) is 37.0. The molecule has 0 saturated heterocycles. The van der Waals surface area contributed by atoms with E-state index >= 15 is 0 Å². The molecular formula is C45H76O7. The van der Waals surface area contributed by atoms with Crippen LogP contribution >= 0.6 is 0 Å². The molecule has 0 unspecified atom stereocenters. The number of unbranched alkanes of at least 4 members (excludes halogenated alkanes) is 16. The normalized spacial score (nSPS) is 14.2. The van der Waals surface area contributed by atoms with Crippen molar-refractivity contribution in [2.75, 3.05) is 13.2 Å². The molecule has 0 heterocycles. The lowest BCUT2D eigenvalue weighted by molar-refractivity contribution is -0.161. The highest BCUT2D eigenvalue weighted by Gasteiger charge is 2.16. The Kier molecular flexibility index (Phi) is 37.4. The van der Waals surface area contributed by atoms with Crippen LogP contribution in [0.1, 0.15) is 168 Å². The standard InChI is InChI=1S/C45H76O7/c1-3-5-7-8-9-10-11-12-13-14-15-16-17-18-19-24-32-38-45(50)52-43(39-46)40-51-44(49)37-31-23-21-20-22-28-34-42(48)36-30-26-25-29-35-41(47)33-27-6-4-2/h6,21-23,25-30,35-36,41-43,46-48H,3-5,7-20,24,31-34,37-40H2,1-2H3/b23-21-,26-25-,27-6-,28-22-,35-29+,36-30+/t41-,42+,43+/m1/s1. The summed E-state index contributed by atoms with van der Waals surface area (Å²) in [7, 11) is 0. The number of carbonyl (C=O) groups is 2. The molecule has 0 radical (unpaired) electrons. The third-order valence-corrected chi connectivity index (χ3v) is 8.69. The first-order chi connectivity index (χ1) is 25.4. The van der Waals surface area contributed by atoms with Crippen LogP contribution in [0.5, 0.6) is 0 Å². The second-order valence-corrected chi connectivity index (χ2v) is 13.7. The number of aliphatic hydroxyl groups excluding tert-OH is 3. The molecule has 0 aliphatic rings. The summed E-state index contributed by atoms with van der Waals surface area (Å²) < 4.78 is 10.5. The Hall–Kier alpha value is -2.74. The lowest BCUT2D eigenvalue weighted by Gasteiger charge is -2.15. The van der Waals surface area contributed by atoms with Crippen LogP contribution in [0.3, 0.4) is 0 Å². The van der Waals surface area contributed by atoms with Crippen LogP contribution in [0.2, 0.25) is 0 Å². The van der Waals surface area contributed by atoms with Gasteiger partial charge in [0.2, 0.25) is 0 Å². The Labute approximate surface area is 318 Å². The Morgan fingerprint density at radius 2 is 1.04 bits per heavy atom. The van der Waals surface area contributed by atoms with Crippen molar-refractivity contribution >= 4 is 11.9 Å². The van der Waals surface area contributed by atoms with Gasteiger partial charge in [0.1, 0.15) is 6.61 Å². The molecule has 0 aromatic rings. The van der Waals surface area contributed by atoms with E-state index in [4.69, 9.17) is 9.47 Å². The summed E-state index contributed by atoms with van der Waals surface area (Å²) in [4.78, 5) is 24.3. The largest absolute Gasteiger partial charge is 0.462 e. The third-order valence-electron chi connectivity index (χ3n) is 8.69. The molecule has 3 N–H and O–H groups in total. The highest BCUT2D eigenvalue weighted by atomic mass is 16.6. The van der Waals surface area contributed by atoms with Crippen LogP contribution in [0.4, 0.5) is 0 Å². The Morgan fingerprint density at radius 3 is 1.54 bits per heavy atom. The van der Waals surface area contributed by atoms with Crippen LogP contribution in [0.25, 0.3) is 0 Å². The molecule has 0 fully saturated rings. The zero-order valence-corrected chi connectivity index (χ0v) is 33.0. The fraction of sp³-hybridized carbons (Fsp3) is 0.689. The molecule has 0 aliphatic carbocycles. The quantitative estimate of drug-likeness (QED) is 0.0255. The van der Waals surface area contributed by atoms with Gasteiger partial charge >= 0.3 is 11.9 Å². The second-order valence-electron chi connectivity index (χ2n) is 13.7. The van der Waals surface area contributed by atoms with E-state index in [1.807, 2.05) is 48.6 Å². The molecule has 52 heavy (non-hydrogen) atoms. The molecular weight excluding hydrogens is 652 g/mol. The average Bonchev–Trinajstić information content (AvgIpc) is 3.13. The van der Waals surface area contributed by atoms with E-state index < -0.39 is 24.3 Å². The van der Waals surface area contributed by atoms with Gasteiger partial charge in [-0.25, -0.2) is 0 Å². The summed E-state index contributed by atoms with van der Waals surface area (Å²) in [6.07, 6.45) is 46.1. The van der Waals surface area contributed by atoms with Gasteiger partial charge in [-0.1, -0.05) is 189 Å². The van der Waals surface area contributed by atoms with Gasteiger partial charge in [0, 0.05) is 12.8 Å². The SMILES string of the molecule is CC/C=C\C[C@@H](O)/C=C/C=C\C=C\[C@@H](O)C/C=C\C/C=C\CCC(=O)OC[C@H](CO)OC(=O)CCCCCCCCCCCCCCCCCCC. The number of hydrogen-bond acceptors (Lipinski definition) is 7. The van der Waals surface area contributed by atoms with Crippen molar-refractivity contribution < 1.29 is 34.4 Å². The zero-order chi connectivity index (χ0) is 38.2. The van der Waals surface area contributed by atoms with Crippen molar-refractivity contribution in [3.05, 3.63) is 72.9 Å². The van der Waals surface area contributed by atoms with Crippen molar-refractivity contribution in [1.82, 2.24) is 0 Å². The van der Waals surface area contributed by atoms with E-state index in [9.17, 15) is 24.9 Å². The summed E-state index contributed by atoms with van der Waals surface area (Å²) in [5, 5.41) is 29.4. The summed E-state index contributed by atoms with van der Waals surface area (Å²) in [6.45, 7) is 3.80. The van der Waals surface area contributed by atoms with Crippen molar-refractivity contribution in [2.45, 2.75) is 186 Å². The predicted octanol–water partition coefficient (Wildman–Crippen LogP) is 10.9. The first-order valence-corrected chi connectivity index (χ1v) is 20.7. The van der Waals surface area contributed by atoms with Crippen LogP contribution in [-0.2, 0) is 19.1 Å². The Morgan fingerprint density at radius 1 is 0.558 bits per heavy atom. The minimum Gasteiger partial charge on any atom is -0.462 e. The molecule has 0 bridgehead atoms. The molecule has 7 heteroatoms. The fourth-order valence-electron chi connectivity index (χ4n) is 5.52. The average molecular weight is 729 g/mol. The monoisotopic (exact) mass is 729 g/mol. The summed E-state index contributed by atoms with van der Waals surface area (Å²) in [6, 6.07) is 0. The number of aliphatic hydroxyl groups is 3. The second kappa shape index (κ2) is 39.5. The molecule has 0 spiro atoms. The van der Waals surface area contributed by atoms with Gasteiger partial charge in [0.15, 0.2) is 6.10 Å². The molecule has 0 aliphatic heterocycles. The molecule has 7 nitrogen and oxygen atoms in total. The fourth-order valence-corrected chi connectivity index (χ4v) is 5.52. The van der Waals surface area contributed by atoms with Gasteiger partial charge < -0.3 is 24.8 Å². The van der Waals surface area contributed by atoms with E-state index in [0.29, 0.717) is 32.1 Å². The van der Waals surface area contributed by atoms with Crippen LogP contribution in [-0.4, -0.2) is 58.8 Å². The Balaban J connectivity index is 3.79. The number of esters is 2. The zero-order valence-electron chi connectivity index (χ0n) is 33.0. The predicted molar refractivity (Wildman–Crippen MR) is 217 cm³/mol. The van der Waals surface area contributed by atoms with E-state index in [2.05, 4.69) is 13.8 Å². The summed E-state index contributed by atoms with van der Waals surface area (Å²) in [5.41, 5.74) is 0. The van der Waals surface area contributed by atoms with Gasteiger partial charge in [0.25, 0.3) is 0 Å². The van der Waals surface area contributed by atoms with E-state index in [1.165, 1.54) is 89.9 Å². The van der Waals surface area contributed by atoms with Gasteiger partial charge in [-0.15, -0.1) is 0 Å². The van der Waals surface area contributed by atoms with Gasteiger partial charge in [-0.05, 0) is 38.5 Å². The van der Waals surface area contributed by atoms with Crippen LogP contribution < -0.4 is 0 Å². The summed E-state index contributed by atoms with van der Waals surface area (Å²) >= 11 is 0. The first-order valence-electron chi connectivity index (χ1n) is 20.7. The number of rotatable bonds is 36. The van der Waals surface area contributed by atoms with Gasteiger partial charge in [-0.2, -0.15) is 0 Å². The van der Waals surface area contributed by atoms with Crippen LogP contribution in [0, 0.1) is 0 Å². The minimum absolute atomic E-state index is 0.143. The van der Waals surface area contributed by atoms with Crippen molar-refractivity contribution in [2.24, 2.45) is 0 Å². The topological polar surface area (TPSA) is 113 Å². The van der Waals surface area contributed by atoms with Gasteiger partial charge in [-0.3, -0.25) is 9.59 Å². The first kappa shape index (κ1) is 49.3. The number of ether oxygens (including phenoxy) is 2. The molecule has 0 aromatic heterocycles. The number of allylic oxidation sites excluding steroid dienone is 8.